The van der Waals surface area contributed by atoms with Gasteiger partial charge in [-0.1, -0.05) is 42.1 Å². The third-order valence-corrected chi connectivity index (χ3v) is 6.15. The number of amides is 2. The summed E-state index contributed by atoms with van der Waals surface area (Å²) in [6.45, 7) is 10.4. The third-order valence-electron chi connectivity index (χ3n) is 5.19. The van der Waals surface area contributed by atoms with E-state index in [9.17, 15) is 9.59 Å². The molecule has 8 heteroatoms. The first-order valence-corrected chi connectivity index (χ1v) is 11.6. The summed E-state index contributed by atoms with van der Waals surface area (Å²) in [5, 5.41) is 15.2. The lowest BCUT2D eigenvalue weighted by Gasteiger charge is -2.16. The maximum Gasteiger partial charge on any atom is 0.252 e. The molecule has 2 amide bonds. The van der Waals surface area contributed by atoms with Crippen molar-refractivity contribution in [2.45, 2.75) is 52.4 Å². The van der Waals surface area contributed by atoms with Gasteiger partial charge in [-0.15, -0.1) is 10.2 Å². The van der Waals surface area contributed by atoms with Crippen molar-refractivity contribution < 1.29 is 9.59 Å². The Morgan fingerprint density at radius 3 is 2.53 bits per heavy atom. The first-order chi connectivity index (χ1) is 15.3. The summed E-state index contributed by atoms with van der Waals surface area (Å²) in [5.74, 6) is 0.627. The maximum atomic E-state index is 12.7. The number of hydrogen-bond donors (Lipinski definition) is 2. The van der Waals surface area contributed by atoms with E-state index >= 15 is 0 Å². The van der Waals surface area contributed by atoms with Crippen LogP contribution in [-0.4, -0.2) is 32.3 Å². The van der Waals surface area contributed by atoms with Gasteiger partial charge in [0, 0.05) is 17.8 Å². The Kier molecular flexibility index (Phi) is 7.69. The second kappa shape index (κ2) is 10.5. The summed E-state index contributed by atoms with van der Waals surface area (Å²) >= 11 is 1.33. The van der Waals surface area contributed by atoms with Gasteiger partial charge in [-0.3, -0.25) is 9.59 Å². The summed E-state index contributed by atoms with van der Waals surface area (Å²) in [4.78, 5) is 25.1. The molecule has 2 N–H and O–H groups in total. The van der Waals surface area contributed by atoms with Crippen molar-refractivity contribution in [3.63, 3.8) is 0 Å². The largest absolute Gasteiger partial charge is 0.342 e. The van der Waals surface area contributed by atoms with Crippen molar-refractivity contribution in [2.75, 3.05) is 11.1 Å². The second-order valence-corrected chi connectivity index (χ2v) is 8.69. The standard InChI is InChI=1S/C24H29N5O2S/c1-6-29-22(18(5)25-23(31)19-10-8-7-9-16(19)3)27-28-24(29)32-14-21(30)26-20-13-15(2)11-12-17(20)4/h7-13,18H,6,14H2,1-5H3,(H,25,31)(H,26,30)/t18-/m0/s1. The van der Waals surface area contributed by atoms with Gasteiger partial charge in [0.25, 0.3) is 5.91 Å². The molecule has 7 nitrogen and oxygen atoms in total. The van der Waals surface area contributed by atoms with E-state index in [0.717, 1.165) is 22.4 Å². The molecule has 1 heterocycles. The zero-order chi connectivity index (χ0) is 23.3. The van der Waals surface area contributed by atoms with Crippen LogP contribution in [0.4, 0.5) is 5.69 Å². The highest BCUT2D eigenvalue weighted by Gasteiger charge is 2.20. The van der Waals surface area contributed by atoms with E-state index in [2.05, 4.69) is 20.8 Å². The molecule has 0 aliphatic rings. The number of hydrogen-bond acceptors (Lipinski definition) is 5. The van der Waals surface area contributed by atoms with Crippen LogP contribution in [0.3, 0.4) is 0 Å². The molecule has 1 atom stereocenters. The Morgan fingerprint density at radius 1 is 1.06 bits per heavy atom. The van der Waals surface area contributed by atoms with Gasteiger partial charge in [0.15, 0.2) is 11.0 Å². The van der Waals surface area contributed by atoms with E-state index in [1.54, 1.807) is 6.07 Å². The number of carbonyl (C=O) groups excluding carboxylic acids is 2. The third kappa shape index (κ3) is 5.56. The zero-order valence-corrected chi connectivity index (χ0v) is 19.9. The maximum absolute atomic E-state index is 12.7. The van der Waals surface area contributed by atoms with Crippen molar-refractivity contribution in [3.8, 4) is 0 Å². The topological polar surface area (TPSA) is 88.9 Å². The molecule has 0 bridgehead atoms. The van der Waals surface area contributed by atoms with Gasteiger partial charge in [-0.25, -0.2) is 0 Å². The number of aromatic nitrogens is 3. The molecule has 0 radical (unpaired) electrons. The fraction of sp³-hybridized carbons (Fsp3) is 0.333. The highest BCUT2D eigenvalue weighted by molar-refractivity contribution is 7.99. The number of aryl methyl sites for hydroxylation is 3. The molecule has 1 aromatic heterocycles. The van der Waals surface area contributed by atoms with Gasteiger partial charge < -0.3 is 15.2 Å². The van der Waals surface area contributed by atoms with E-state index in [-0.39, 0.29) is 23.6 Å². The monoisotopic (exact) mass is 451 g/mol. The molecule has 168 valence electrons. The number of carbonyl (C=O) groups is 2. The first kappa shape index (κ1) is 23.5. The Morgan fingerprint density at radius 2 is 1.81 bits per heavy atom. The zero-order valence-electron chi connectivity index (χ0n) is 19.1. The van der Waals surface area contributed by atoms with Crippen LogP contribution in [0.15, 0.2) is 47.6 Å². The molecule has 0 aliphatic carbocycles. The summed E-state index contributed by atoms with van der Waals surface area (Å²) < 4.78 is 1.93. The highest BCUT2D eigenvalue weighted by atomic mass is 32.2. The van der Waals surface area contributed by atoms with Crippen molar-refractivity contribution in [1.29, 1.82) is 0 Å². The summed E-state index contributed by atoms with van der Waals surface area (Å²) in [6, 6.07) is 13.1. The van der Waals surface area contributed by atoms with Crippen LogP contribution in [0.5, 0.6) is 0 Å². The van der Waals surface area contributed by atoms with Crippen molar-refractivity contribution >= 4 is 29.3 Å². The van der Waals surface area contributed by atoms with Crippen LogP contribution < -0.4 is 10.6 Å². The summed E-state index contributed by atoms with van der Waals surface area (Å²) in [5.41, 5.74) is 4.49. The molecule has 2 aromatic carbocycles. The van der Waals surface area contributed by atoms with Crippen LogP contribution in [0.25, 0.3) is 0 Å². The molecular weight excluding hydrogens is 422 g/mol. The average Bonchev–Trinajstić information content (AvgIpc) is 3.18. The number of nitrogens with zero attached hydrogens (tertiary/aromatic N) is 3. The molecule has 0 saturated heterocycles. The fourth-order valence-corrected chi connectivity index (χ4v) is 4.19. The van der Waals surface area contributed by atoms with Crippen LogP contribution in [0, 0.1) is 20.8 Å². The minimum atomic E-state index is -0.326. The van der Waals surface area contributed by atoms with Crippen LogP contribution in [0.1, 0.15) is 52.8 Å². The lowest BCUT2D eigenvalue weighted by molar-refractivity contribution is -0.113. The summed E-state index contributed by atoms with van der Waals surface area (Å²) in [6.07, 6.45) is 0. The van der Waals surface area contributed by atoms with Gasteiger partial charge in [0.1, 0.15) is 0 Å². The van der Waals surface area contributed by atoms with Gasteiger partial charge in [0.2, 0.25) is 5.91 Å². The van der Waals surface area contributed by atoms with Gasteiger partial charge >= 0.3 is 0 Å². The normalized spacial score (nSPS) is 11.8. The van der Waals surface area contributed by atoms with E-state index < -0.39 is 0 Å². The van der Waals surface area contributed by atoms with E-state index in [0.29, 0.717) is 23.1 Å². The molecule has 0 unspecified atom stereocenters. The fourth-order valence-electron chi connectivity index (χ4n) is 3.38. The van der Waals surface area contributed by atoms with Gasteiger partial charge in [-0.05, 0) is 63.4 Å². The van der Waals surface area contributed by atoms with E-state index in [1.807, 2.05) is 75.6 Å². The Labute approximate surface area is 193 Å². The molecule has 0 fully saturated rings. The Bertz CT molecular complexity index is 1130. The number of nitrogens with one attached hydrogen (secondary N) is 2. The lowest BCUT2D eigenvalue weighted by atomic mass is 10.1. The van der Waals surface area contributed by atoms with Crippen molar-refractivity contribution in [1.82, 2.24) is 20.1 Å². The average molecular weight is 452 g/mol. The SMILES string of the molecule is CCn1c(SCC(=O)Nc2cc(C)ccc2C)nnc1[C@H](C)NC(=O)c1ccccc1C. The number of benzene rings is 2. The van der Waals surface area contributed by atoms with E-state index in [1.165, 1.54) is 11.8 Å². The first-order valence-electron chi connectivity index (χ1n) is 10.6. The molecule has 3 aromatic rings. The second-order valence-electron chi connectivity index (χ2n) is 7.75. The van der Waals surface area contributed by atoms with Gasteiger partial charge in [-0.2, -0.15) is 0 Å². The molecule has 32 heavy (non-hydrogen) atoms. The molecule has 3 rings (SSSR count). The number of rotatable bonds is 8. The molecule has 0 spiro atoms. The van der Waals surface area contributed by atoms with Crippen molar-refractivity contribution in [3.05, 3.63) is 70.5 Å². The van der Waals surface area contributed by atoms with Crippen LogP contribution in [0.2, 0.25) is 0 Å². The predicted octanol–water partition coefficient (Wildman–Crippen LogP) is 4.45. The minimum absolute atomic E-state index is 0.100. The van der Waals surface area contributed by atoms with Crippen LogP contribution in [-0.2, 0) is 11.3 Å². The molecular formula is C24H29N5O2S. The summed E-state index contributed by atoms with van der Waals surface area (Å²) in [7, 11) is 0. The van der Waals surface area contributed by atoms with E-state index in [4.69, 9.17) is 0 Å². The molecule has 0 saturated carbocycles. The molecule has 0 aliphatic heterocycles. The smallest absolute Gasteiger partial charge is 0.252 e. The number of anilines is 1. The van der Waals surface area contributed by atoms with Crippen molar-refractivity contribution in [2.24, 2.45) is 0 Å². The van der Waals surface area contributed by atoms with Gasteiger partial charge in [0.05, 0.1) is 11.8 Å². The Hall–Kier alpha value is -3.13. The predicted molar refractivity (Wildman–Crippen MR) is 128 cm³/mol. The quantitative estimate of drug-likeness (QED) is 0.494. The Balaban J connectivity index is 1.65. The lowest BCUT2D eigenvalue weighted by Crippen LogP contribution is -2.29. The highest BCUT2D eigenvalue weighted by Crippen LogP contribution is 2.22. The minimum Gasteiger partial charge on any atom is -0.342 e. The van der Waals surface area contributed by atoms with Crippen LogP contribution >= 0.6 is 11.8 Å². The number of thioether (sulfide) groups is 1.